The summed E-state index contributed by atoms with van der Waals surface area (Å²) in [7, 11) is -2.09. The molecule has 3 heteroatoms. The molecule has 4 aromatic carbocycles. The first-order valence-electron chi connectivity index (χ1n) is 11.8. The summed E-state index contributed by atoms with van der Waals surface area (Å²) >= 11 is 0. The first-order valence-corrected chi connectivity index (χ1v) is 13.5. The van der Waals surface area contributed by atoms with Crippen molar-refractivity contribution in [2.75, 3.05) is 0 Å². The Kier molecular flexibility index (Phi) is 10.5. The molecule has 36 heavy (non-hydrogen) atoms. The zero-order valence-electron chi connectivity index (χ0n) is 20.4. The molecule has 0 atom stereocenters. The van der Waals surface area contributed by atoms with E-state index < -0.39 is 7.05 Å². The van der Waals surface area contributed by atoms with Crippen molar-refractivity contribution in [3.8, 4) is 0 Å². The standard InChI is InChI=1S/C23H20NP.C10H10.Ti/c1-4-14-21(15-5-1)25(22-16-6-2-7-17-22,23-18-8-3-9-19-23)24-20-12-10-11-13-20;1-3-9(2)10-7-5-4-6-8-10;/h1-12,14-19H,13H2;3-8H,1-2H2;. The molecule has 0 N–H and O–H groups in total. The maximum atomic E-state index is 5.43. The average Bonchev–Trinajstić information content (AvgIpc) is 3.47. The monoisotopic (exact) mass is 519 g/mol. The zero-order chi connectivity index (χ0) is 24.3. The fraction of sp³-hybridized carbons (Fsp3) is 0.0303. The maximum absolute atomic E-state index is 5.43. The number of nitrogens with zero attached hydrogens (tertiary/aromatic N) is 1. The predicted molar refractivity (Wildman–Crippen MR) is 155 cm³/mol. The van der Waals surface area contributed by atoms with Crippen molar-refractivity contribution in [3.05, 3.63) is 170 Å². The summed E-state index contributed by atoms with van der Waals surface area (Å²) in [5.41, 5.74) is 3.27. The Morgan fingerprint density at radius 2 is 1.08 bits per heavy atom. The maximum Gasteiger partial charge on any atom is 0.0608 e. The van der Waals surface area contributed by atoms with E-state index in [9.17, 15) is 0 Å². The number of hydrogen-bond acceptors (Lipinski definition) is 1. The second-order valence-electron chi connectivity index (χ2n) is 8.13. The molecule has 0 amide bonds. The molecule has 4 aromatic rings. The van der Waals surface area contributed by atoms with E-state index in [2.05, 4.69) is 122 Å². The number of allylic oxidation sites excluding steroid dienone is 5. The molecular formula is C33H30NPTi. The van der Waals surface area contributed by atoms with Gasteiger partial charge in [-0.1, -0.05) is 153 Å². The second kappa shape index (κ2) is 13.8. The van der Waals surface area contributed by atoms with Crippen LogP contribution >= 0.6 is 7.05 Å². The van der Waals surface area contributed by atoms with Crippen molar-refractivity contribution in [2.24, 2.45) is 4.74 Å². The van der Waals surface area contributed by atoms with Gasteiger partial charge in [-0.05, 0) is 17.2 Å². The number of hydrogen-bond donors (Lipinski definition) is 0. The molecule has 0 saturated heterocycles. The third-order valence-electron chi connectivity index (χ3n) is 5.81. The molecule has 0 aromatic heterocycles. The van der Waals surface area contributed by atoms with Crippen LogP contribution in [0.2, 0.25) is 0 Å². The Balaban J connectivity index is 0.000000278. The molecule has 0 heterocycles. The van der Waals surface area contributed by atoms with Gasteiger partial charge in [-0.2, -0.15) is 0 Å². The van der Waals surface area contributed by atoms with Crippen molar-refractivity contribution in [1.29, 1.82) is 0 Å². The molecule has 0 aliphatic heterocycles. The SMILES string of the molecule is C1=CCC(N=P(c2ccccc2)(c2ccccc2)c2ccccc2)=C1.C=CC(=C)c1ccccc1.[Ti]. The number of rotatable bonds is 6. The molecule has 0 unspecified atom stereocenters. The van der Waals surface area contributed by atoms with E-state index in [-0.39, 0.29) is 21.7 Å². The molecule has 0 saturated carbocycles. The van der Waals surface area contributed by atoms with Crippen molar-refractivity contribution >= 4 is 28.5 Å². The Labute approximate surface area is 230 Å². The van der Waals surface area contributed by atoms with E-state index in [0.29, 0.717) is 0 Å². The van der Waals surface area contributed by atoms with Crippen molar-refractivity contribution in [1.82, 2.24) is 0 Å². The van der Waals surface area contributed by atoms with Gasteiger partial charge in [0.15, 0.2) is 0 Å². The van der Waals surface area contributed by atoms with Crippen LogP contribution in [0.4, 0.5) is 0 Å². The summed E-state index contributed by atoms with van der Waals surface area (Å²) < 4.78 is 5.43. The summed E-state index contributed by atoms with van der Waals surface area (Å²) in [6.45, 7) is 7.46. The van der Waals surface area contributed by atoms with Crippen LogP contribution in [0, 0.1) is 0 Å². The quantitative estimate of drug-likeness (QED) is 0.140. The molecule has 1 aliphatic carbocycles. The van der Waals surface area contributed by atoms with Gasteiger partial charge in [-0.3, -0.25) is 4.74 Å². The average molecular weight is 519 g/mol. The van der Waals surface area contributed by atoms with Crippen LogP contribution in [-0.4, -0.2) is 0 Å². The normalized spacial score (nSPS) is 11.8. The molecule has 0 fully saturated rings. The van der Waals surface area contributed by atoms with E-state index in [4.69, 9.17) is 4.74 Å². The molecule has 176 valence electrons. The minimum atomic E-state index is -2.09. The van der Waals surface area contributed by atoms with Crippen LogP contribution in [0.25, 0.3) is 5.57 Å². The van der Waals surface area contributed by atoms with E-state index >= 15 is 0 Å². The second-order valence-corrected chi connectivity index (χ2v) is 11.1. The topological polar surface area (TPSA) is 12.4 Å². The van der Waals surface area contributed by atoms with Gasteiger partial charge in [0.25, 0.3) is 0 Å². The minimum absolute atomic E-state index is 0. The third kappa shape index (κ3) is 6.51. The van der Waals surface area contributed by atoms with E-state index in [1.807, 2.05) is 30.3 Å². The minimum Gasteiger partial charge on any atom is -0.258 e. The van der Waals surface area contributed by atoms with Gasteiger partial charge in [0, 0.05) is 49.7 Å². The van der Waals surface area contributed by atoms with Crippen LogP contribution in [-0.2, 0) is 21.7 Å². The Morgan fingerprint density at radius 3 is 1.44 bits per heavy atom. The van der Waals surface area contributed by atoms with Crippen LogP contribution in [0.1, 0.15) is 12.0 Å². The molecule has 1 nitrogen and oxygen atoms in total. The smallest absolute Gasteiger partial charge is 0.0608 e. The van der Waals surface area contributed by atoms with Gasteiger partial charge in [0.1, 0.15) is 0 Å². The molecule has 0 radical (unpaired) electrons. The van der Waals surface area contributed by atoms with E-state index in [1.54, 1.807) is 6.08 Å². The van der Waals surface area contributed by atoms with Crippen molar-refractivity contribution in [3.63, 3.8) is 0 Å². The summed E-state index contributed by atoms with van der Waals surface area (Å²) in [6.07, 6.45) is 9.09. The Morgan fingerprint density at radius 1 is 0.667 bits per heavy atom. The summed E-state index contributed by atoms with van der Waals surface area (Å²) in [5, 5.41) is 3.88. The van der Waals surface area contributed by atoms with Gasteiger partial charge in [0.05, 0.1) is 7.05 Å². The van der Waals surface area contributed by atoms with E-state index in [1.165, 1.54) is 15.9 Å². The molecular weight excluding hydrogens is 489 g/mol. The third-order valence-corrected chi connectivity index (χ3v) is 9.50. The predicted octanol–water partition coefficient (Wildman–Crippen LogP) is 7.89. The summed E-state index contributed by atoms with van der Waals surface area (Å²) in [6, 6.07) is 42.3. The summed E-state index contributed by atoms with van der Waals surface area (Å²) in [4.78, 5) is 0. The molecule has 0 bridgehead atoms. The molecule has 0 spiro atoms. The zero-order valence-corrected chi connectivity index (χ0v) is 22.8. The van der Waals surface area contributed by atoms with Crippen molar-refractivity contribution in [2.45, 2.75) is 6.42 Å². The van der Waals surface area contributed by atoms with Crippen LogP contribution in [0.5, 0.6) is 0 Å². The summed E-state index contributed by atoms with van der Waals surface area (Å²) in [5.74, 6) is 0. The molecule has 1 aliphatic rings. The largest absolute Gasteiger partial charge is 0.258 e. The Bertz CT molecular complexity index is 1270. The van der Waals surface area contributed by atoms with E-state index in [0.717, 1.165) is 23.3 Å². The van der Waals surface area contributed by atoms with Crippen LogP contribution < -0.4 is 15.9 Å². The van der Waals surface area contributed by atoms with Crippen LogP contribution in [0.3, 0.4) is 0 Å². The fourth-order valence-corrected chi connectivity index (χ4v) is 7.61. The van der Waals surface area contributed by atoms with Gasteiger partial charge in [0.2, 0.25) is 0 Å². The number of benzene rings is 4. The molecule has 5 rings (SSSR count). The van der Waals surface area contributed by atoms with Crippen LogP contribution in [0.15, 0.2) is 169 Å². The first kappa shape index (κ1) is 27.4. The van der Waals surface area contributed by atoms with Gasteiger partial charge in [-0.15, -0.1) is 0 Å². The fourth-order valence-electron chi connectivity index (χ4n) is 4.02. The van der Waals surface area contributed by atoms with Gasteiger partial charge >= 0.3 is 0 Å². The Hall–Kier alpha value is -3.22. The first-order chi connectivity index (χ1) is 17.2. The van der Waals surface area contributed by atoms with Gasteiger partial charge in [-0.25, -0.2) is 0 Å². The van der Waals surface area contributed by atoms with Crippen molar-refractivity contribution < 1.29 is 21.7 Å². The van der Waals surface area contributed by atoms with Gasteiger partial charge < -0.3 is 0 Å².